The Labute approximate surface area is 145 Å². The Morgan fingerprint density at radius 3 is 2.80 bits per heavy atom. The van der Waals surface area contributed by atoms with Crippen molar-refractivity contribution in [2.75, 3.05) is 14.1 Å². The van der Waals surface area contributed by atoms with Crippen LogP contribution in [0.5, 0.6) is 0 Å². The highest BCUT2D eigenvalue weighted by atomic mass is 32.2. The monoisotopic (exact) mass is 369 g/mol. The van der Waals surface area contributed by atoms with Crippen LogP contribution in [0.4, 0.5) is 5.69 Å². The van der Waals surface area contributed by atoms with Gasteiger partial charge in [0.25, 0.3) is 5.69 Å². The van der Waals surface area contributed by atoms with Gasteiger partial charge in [-0.1, -0.05) is 11.2 Å². The highest BCUT2D eigenvalue weighted by Crippen LogP contribution is 2.21. The molecule has 0 aliphatic rings. The van der Waals surface area contributed by atoms with E-state index in [9.17, 15) is 18.5 Å². The zero-order valence-corrected chi connectivity index (χ0v) is 14.9. The number of likely N-dealkylation sites (N-methyl/N-ethyl adjacent to an activating group) is 1. The van der Waals surface area contributed by atoms with Gasteiger partial charge >= 0.3 is 0 Å². The fourth-order valence-electron chi connectivity index (χ4n) is 2.03. The van der Waals surface area contributed by atoms with Gasteiger partial charge < -0.3 is 9.84 Å². The van der Waals surface area contributed by atoms with Crippen molar-refractivity contribution >= 4 is 15.7 Å². The molecule has 1 aromatic heterocycles. The Balaban J connectivity index is 2.15. The Kier molecular flexibility index (Phi) is 5.82. The van der Waals surface area contributed by atoms with E-state index >= 15 is 0 Å². The molecule has 2 rings (SSSR count). The molecule has 11 heteroatoms. The molecule has 2 aromatic rings. The molecule has 0 spiro atoms. The topological polar surface area (TPSA) is 131 Å². The van der Waals surface area contributed by atoms with Gasteiger partial charge in [-0.3, -0.25) is 10.1 Å². The summed E-state index contributed by atoms with van der Waals surface area (Å²) in [6, 6.07) is 5.01. The van der Waals surface area contributed by atoms with Crippen LogP contribution >= 0.6 is 0 Å². The maximum atomic E-state index is 12.5. The summed E-state index contributed by atoms with van der Waals surface area (Å²) in [5.41, 5.74) is -0.296. The van der Waals surface area contributed by atoms with Crippen LogP contribution < -0.4 is 5.32 Å². The zero-order chi connectivity index (χ0) is 18.6. The largest absolute Gasteiger partial charge is 0.338 e. The fourth-order valence-corrected chi connectivity index (χ4v) is 3.19. The minimum atomic E-state index is -3.92. The first-order valence-electron chi connectivity index (χ1n) is 7.43. The van der Waals surface area contributed by atoms with E-state index in [0.717, 1.165) is 10.4 Å². The van der Waals surface area contributed by atoms with Crippen LogP contribution in [0, 0.1) is 10.1 Å². The lowest BCUT2D eigenvalue weighted by molar-refractivity contribution is -0.385. The van der Waals surface area contributed by atoms with Crippen molar-refractivity contribution in [2.45, 2.75) is 30.8 Å². The number of nitrogens with one attached hydrogen (secondary N) is 1. The van der Waals surface area contributed by atoms with E-state index in [2.05, 4.69) is 15.5 Å². The van der Waals surface area contributed by atoms with Crippen molar-refractivity contribution in [2.24, 2.45) is 0 Å². The SMILES string of the molecule is CNC(C)Cc1noc(CN(C)S(=O)(=O)c2cccc([N+](=O)[O-])c2)n1. The first-order chi connectivity index (χ1) is 11.7. The zero-order valence-electron chi connectivity index (χ0n) is 14.0. The summed E-state index contributed by atoms with van der Waals surface area (Å²) < 4.78 is 31.2. The summed E-state index contributed by atoms with van der Waals surface area (Å²) in [4.78, 5) is 14.2. The molecule has 0 saturated carbocycles. The fraction of sp³-hybridized carbons (Fsp3) is 0.429. The van der Waals surface area contributed by atoms with Gasteiger partial charge in [0, 0.05) is 31.6 Å². The Hall–Kier alpha value is -2.37. The molecule has 0 aliphatic carbocycles. The summed E-state index contributed by atoms with van der Waals surface area (Å²) in [5.74, 6) is 0.618. The quantitative estimate of drug-likeness (QED) is 0.537. The molecule has 1 heterocycles. The van der Waals surface area contributed by atoms with E-state index in [1.54, 1.807) is 0 Å². The van der Waals surface area contributed by atoms with E-state index in [0.29, 0.717) is 12.2 Å². The molecule has 1 atom stereocenters. The Bertz CT molecular complexity index is 851. The van der Waals surface area contributed by atoms with Crippen LogP contribution in [0.1, 0.15) is 18.6 Å². The normalized spacial score (nSPS) is 13.1. The lowest BCUT2D eigenvalue weighted by atomic mass is 10.2. The Morgan fingerprint density at radius 2 is 2.16 bits per heavy atom. The molecule has 0 saturated heterocycles. The molecule has 10 nitrogen and oxygen atoms in total. The van der Waals surface area contributed by atoms with Crippen LogP contribution in [-0.2, 0) is 23.0 Å². The summed E-state index contributed by atoms with van der Waals surface area (Å²) >= 11 is 0. The molecule has 0 radical (unpaired) electrons. The van der Waals surface area contributed by atoms with E-state index in [1.807, 2.05) is 14.0 Å². The number of nitro benzene ring substituents is 1. The molecule has 0 fully saturated rings. The predicted octanol–water partition coefficient (Wildman–Crippen LogP) is 0.949. The summed E-state index contributed by atoms with van der Waals surface area (Å²) in [6.45, 7) is 1.82. The minimum absolute atomic E-state index is 0.133. The standard InChI is InChI=1S/C14H19N5O5S/c1-10(15-2)7-13-16-14(24-17-13)9-18(3)25(22,23)12-6-4-5-11(8-12)19(20)21/h4-6,8,10,15H,7,9H2,1-3H3. The van der Waals surface area contributed by atoms with Crippen molar-refractivity contribution in [3.8, 4) is 0 Å². The van der Waals surface area contributed by atoms with Gasteiger partial charge in [0.15, 0.2) is 5.82 Å². The molecule has 0 bridgehead atoms. The van der Waals surface area contributed by atoms with Crippen molar-refractivity contribution in [3.63, 3.8) is 0 Å². The van der Waals surface area contributed by atoms with Crippen molar-refractivity contribution < 1.29 is 17.9 Å². The molecule has 1 unspecified atom stereocenters. The summed E-state index contributed by atoms with van der Waals surface area (Å²) in [5, 5.41) is 17.7. The van der Waals surface area contributed by atoms with Crippen LogP contribution in [0.2, 0.25) is 0 Å². The molecule has 136 valence electrons. The summed E-state index contributed by atoms with van der Waals surface area (Å²) in [6.07, 6.45) is 0.543. The predicted molar refractivity (Wildman–Crippen MR) is 88.3 cm³/mol. The van der Waals surface area contributed by atoms with Gasteiger partial charge in [-0.2, -0.15) is 9.29 Å². The van der Waals surface area contributed by atoms with Crippen LogP contribution in [0.15, 0.2) is 33.7 Å². The minimum Gasteiger partial charge on any atom is -0.338 e. The molecule has 0 aliphatic heterocycles. The van der Waals surface area contributed by atoms with E-state index in [1.165, 1.54) is 25.2 Å². The van der Waals surface area contributed by atoms with Crippen LogP contribution in [0.25, 0.3) is 0 Å². The smallest absolute Gasteiger partial charge is 0.270 e. The third-order valence-corrected chi connectivity index (χ3v) is 5.39. The van der Waals surface area contributed by atoms with E-state index in [-0.39, 0.29) is 29.1 Å². The molecule has 0 amide bonds. The molecular weight excluding hydrogens is 350 g/mol. The molecule has 1 aromatic carbocycles. The number of hydrogen-bond donors (Lipinski definition) is 1. The van der Waals surface area contributed by atoms with Gasteiger partial charge in [-0.15, -0.1) is 0 Å². The third kappa shape index (κ3) is 4.59. The molecule has 1 N–H and O–H groups in total. The highest BCUT2D eigenvalue weighted by Gasteiger charge is 2.25. The van der Waals surface area contributed by atoms with Crippen LogP contribution in [-0.4, -0.2) is 47.9 Å². The molecular formula is C14H19N5O5S. The number of non-ortho nitro benzene ring substituents is 1. The second kappa shape index (κ2) is 7.68. The van der Waals surface area contributed by atoms with Gasteiger partial charge in [0.2, 0.25) is 15.9 Å². The average Bonchev–Trinajstić information content (AvgIpc) is 3.01. The lowest BCUT2D eigenvalue weighted by Gasteiger charge is -2.14. The number of nitrogens with zero attached hydrogens (tertiary/aromatic N) is 4. The van der Waals surface area contributed by atoms with Crippen molar-refractivity contribution in [1.82, 2.24) is 19.8 Å². The van der Waals surface area contributed by atoms with Crippen molar-refractivity contribution in [3.05, 3.63) is 46.1 Å². The maximum absolute atomic E-state index is 12.5. The summed E-state index contributed by atoms with van der Waals surface area (Å²) in [7, 11) is -0.771. The van der Waals surface area contributed by atoms with Gasteiger partial charge in [0.05, 0.1) is 16.4 Å². The third-order valence-electron chi connectivity index (χ3n) is 3.59. The van der Waals surface area contributed by atoms with Gasteiger partial charge in [-0.25, -0.2) is 8.42 Å². The average molecular weight is 369 g/mol. The first kappa shape index (κ1) is 19.0. The number of hydrogen-bond acceptors (Lipinski definition) is 8. The van der Waals surface area contributed by atoms with E-state index in [4.69, 9.17) is 4.52 Å². The second-order valence-corrected chi connectivity index (χ2v) is 7.56. The Morgan fingerprint density at radius 1 is 1.44 bits per heavy atom. The number of rotatable bonds is 8. The first-order valence-corrected chi connectivity index (χ1v) is 8.87. The van der Waals surface area contributed by atoms with Gasteiger partial charge in [-0.05, 0) is 20.0 Å². The van der Waals surface area contributed by atoms with Crippen LogP contribution in [0.3, 0.4) is 0 Å². The van der Waals surface area contributed by atoms with Crippen molar-refractivity contribution in [1.29, 1.82) is 0 Å². The highest BCUT2D eigenvalue weighted by molar-refractivity contribution is 7.89. The number of benzene rings is 1. The van der Waals surface area contributed by atoms with Gasteiger partial charge in [0.1, 0.15) is 0 Å². The lowest BCUT2D eigenvalue weighted by Crippen LogP contribution is -2.27. The number of sulfonamides is 1. The second-order valence-electron chi connectivity index (χ2n) is 5.51. The van der Waals surface area contributed by atoms with E-state index < -0.39 is 14.9 Å². The number of aromatic nitrogens is 2. The molecule has 25 heavy (non-hydrogen) atoms. The maximum Gasteiger partial charge on any atom is 0.270 e. The number of nitro groups is 1.